The molecule has 15 heavy (non-hydrogen) atoms. The van der Waals surface area contributed by atoms with Crippen LogP contribution in [0.3, 0.4) is 0 Å². The number of carbonyl (C=O) groups excluding carboxylic acids is 1. The molecule has 0 aromatic carbocycles. The van der Waals surface area contributed by atoms with Crippen molar-refractivity contribution in [2.75, 3.05) is 6.54 Å². The summed E-state index contributed by atoms with van der Waals surface area (Å²) in [6, 6.07) is 0.282. The molecule has 1 rings (SSSR count). The molecule has 1 aliphatic carbocycles. The van der Waals surface area contributed by atoms with E-state index in [0.717, 1.165) is 18.9 Å². The van der Waals surface area contributed by atoms with Gasteiger partial charge in [-0.1, -0.05) is 13.8 Å². The number of carbonyl (C=O) groups is 1. The van der Waals surface area contributed by atoms with Crippen LogP contribution in [-0.4, -0.2) is 18.6 Å². The highest BCUT2D eigenvalue weighted by Crippen LogP contribution is 2.27. The van der Waals surface area contributed by atoms with Gasteiger partial charge in [-0.2, -0.15) is 0 Å². The Bertz CT molecular complexity index is 200. The number of hydrogen-bond acceptors (Lipinski definition) is 1. The molecule has 0 aromatic heterocycles. The van der Waals surface area contributed by atoms with Gasteiger partial charge in [0, 0.05) is 12.6 Å². The second kappa shape index (κ2) is 5.99. The molecular formula is C12H24N2O. The van der Waals surface area contributed by atoms with E-state index in [4.69, 9.17) is 0 Å². The van der Waals surface area contributed by atoms with Crippen molar-refractivity contribution in [2.45, 2.75) is 52.5 Å². The number of rotatable bonds is 6. The maximum absolute atomic E-state index is 11.4. The first-order valence-corrected chi connectivity index (χ1v) is 6.12. The lowest BCUT2D eigenvalue weighted by molar-refractivity contribution is 0.236. The van der Waals surface area contributed by atoms with Crippen molar-refractivity contribution in [1.82, 2.24) is 10.6 Å². The van der Waals surface area contributed by atoms with Crippen LogP contribution in [-0.2, 0) is 0 Å². The Balaban J connectivity index is 2.01. The van der Waals surface area contributed by atoms with Crippen LogP contribution in [0.25, 0.3) is 0 Å². The lowest BCUT2D eigenvalue weighted by atomic mass is 10.0. The highest BCUT2D eigenvalue weighted by atomic mass is 16.2. The number of hydrogen-bond donors (Lipinski definition) is 2. The first kappa shape index (κ1) is 12.3. The predicted octanol–water partition coefficient (Wildman–Crippen LogP) is 2.52. The monoisotopic (exact) mass is 212 g/mol. The first-order chi connectivity index (χ1) is 7.08. The van der Waals surface area contributed by atoms with Crippen LogP contribution in [0.15, 0.2) is 0 Å². The topological polar surface area (TPSA) is 41.1 Å². The van der Waals surface area contributed by atoms with Gasteiger partial charge in [0.05, 0.1) is 0 Å². The molecule has 1 aliphatic rings. The fourth-order valence-corrected chi connectivity index (χ4v) is 1.49. The zero-order chi connectivity index (χ0) is 11.3. The quantitative estimate of drug-likeness (QED) is 0.698. The Kier molecular flexibility index (Phi) is 4.92. The van der Waals surface area contributed by atoms with Gasteiger partial charge in [0.25, 0.3) is 0 Å². The Morgan fingerprint density at radius 2 is 1.93 bits per heavy atom. The van der Waals surface area contributed by atoms with E-state index in [2.05, 4.69) is 31.4 Å². The standard InChI is InChI=1S/C12H24N2O/c1-9(2)4-5-10(3)14-12(15)13-8-11-6-7-11/h9-11H,4-8H2,1-3H3,(H2,13,14,15). The van der Waals surface area contributed by atoms with Gasteiger partial charge in [0.2, 0.25) is 0 Å². The lowest BCUT2D eigenvalue weighted by Crippen LogP contribution is -2.41. The zero-order valence-electron chi connectivity index (χ0n) is 10.2. The number of amides is 2. The van der Waals surface area contributed by atoms with E-state index >= 15 is 0 Å². The van der Waals surface area contributed by atoms with Gasteiger partial charge in [-0.25, -0.2) is 4.79 Å². The first-order valence-electron chi connectivity index (χ1n) is 6.12. The van der Waals surface area contributed by atoms with Crippen molar-refractivity contribution in [1.29, 1.82) is 0 Å². The fourth-order valence-electron chi connectivity index (χ4n) is 1.49. The van der Waals surface area contributed by atoms with Crippen LogP contribution in [0.1, 0.15) is 46.5 Å². The van der Waals surface area contributed by atoms with Crippen molar-refractivity contribution in [3.05, 3.63) is 0 Å². The van der Waals surface area contributed by atoms with Gasteiger partial charge in [0.1, 0.15) is 0 Å². The molecule has 2 N–H and O–H groups in total. The highest BCUT2D eigenvalue weighted by molar-refractivity contribution is 5.74. The Hall–Kier alpha value is -0.730. The summed E-state index contributed by atoms with van der Waals surface area (Å²) < 4.78 is 0. The lowest BCUT2D eigenvalue weighted by Gasteiger charge is -2.15. The molecule has 0 aromatic rings. The van der Waals surface area contributed by atoms with E-state index in [1.165, 1.54) is 19.3 Å². The summed E-state index contributed by atoms with van der Waals surface area (Å²) >= 11 is 0. The second-order valence-corrected chi connectivity index (χ2v) is 5.17. The summed E-state index contributed by atoms with van der Waals surface area (Å²) in [5, 5.41) is 5.88. The van der Waals surface area contributed by atoms with Gasteiger partial charge in [-0.15, -0.1) is 0 Å². The molecule has 1 unspecified atom stereocenters. The molecule has 0 saturated heterocycles. The fraction of sp³-hybridized carbons (Fsp3) is 0.917. The van der Waals surface area contributed by atoms with Gasteiger partial charge < -0.3 is 10.6 Å². The van der Waals surface area contributed by atoms with Crippen LogP contribution in [0, 0.1) is 11.8 Å². The Morgan fingerprint density at radius 3 is 2.47 bits per heavy atom. The smallest absolute Gasteiger partial charge is 0.315 e. The van der Waals surface area contributed by atoms with Crippen LogP contribution in [0.4, 0.5) is 4.79 Å². The van der Waals surface area contributed by atoms with Crippen molar-refractivity contribution in [2.24, 2.45) is 11.8 Å². The minimum absolute atomic E-state index is 0.00171. The summed E-state index contributed by atoms with van der Waals surface area (Å²) in [5.74, 6) is 1.46. The van der Waals surface area contributed by atoms with Crippen LogP contribution in [0.2, 0.25) is 0 Å². The molecule has 0 radical (unpaired) electrons. The van der Waals surface area contributed by atoms with Crippen LogP contribution in [0.5, 0.6) is 0 Å². The minimum Gasteiger partial charge on any atom is -0.338 e. The molecule has 3 nitrogen and oxygen atoms in total. The third-order valence-electron chi connectivity index (χ3n) is 2.80. The molecule has 1 saturated carbocycles. The van der Waals surface area contributed by atoms with E-state index in [9.17, 15) is 4.79 Å². The molecular weight excluding hydrogens is 188 g/mol. The molecule has 0 aliphatic heterocycles. The Labute approximate surface area is 93.0 Å². The van der Waals surface area contributed by atoms with E-state index in [1.807, 2.05) is 0 Å². The van der Waals surface area contributed by atoms with E-state index in [1.54, 1.807) is 0 Å². The predicted molar refractivity (Wildman–Crippen MR) is 62.8 cm³/mol. The van der Waals surface area contributed by atoms with Crippen molar-refractivity contribution in [3.8, 4) is 0 Å². The van der Waals surface area contributed by atoms with Crippen LogP contribution < -0.4 is 10.6 Å². The second-order valence-electron chi connectivity index (χ2n) is 5.17. The number of nitrogens with one attached hydrogen (secondary N) is 2. The van der Waals surface area contributed by atoms with Gasteiger partial charge in [-0.05, 0) is 44.4 Å². The molecule has 0 spiro atoms. The highest BCUT2D eigenvalue weighted by Gasteiger charge is 2.21. The average molecular weight is 212 g/mol. The molecule has 0 heterocycles. The van der Waals surface area contributed by atoms with E-state index in [0.29, 0.717) is 5.92 Å². The maximum Gasteiger partial charge on any atom is 0.315 e. The summed E-state index contributed by atoms with van der Waals surface area (Å²) in [6.45, 7) is 7.33. The third-order valence-corrected chi connectivity index (χ3v) is 2.80. The molecule has 3 heteroatoms. The molecule has 1 fully saturated rings. The molecule has 0 bridgehead atoms. The third kappa shape index (κ3) is 6.37. The van der Waals surface area contributed by atoms with E-state index in [-0.39, 0.29) is 12.1 Å². The van der Waals surface area contributed by atoms with E-state index < -0.39 is 0 Å². The zero-order valence-corrected chi connectivity index (χ0v) is 10.2. The minimum atomic E-state index is -0.00171. The van der Waals surface area contributed by atoms with Crippen molar-refractivity contribution < 1.29 is 4.79 Å². The maximum atomic E-state index is 11.4. The summed E-state index contributed by atoms with van der Waals surface area (Å²) in [4.78, 5) is 11.4. The summed E-state index contributed by atoms with van der Waals surface area (Å²) in [6.07, 6.45) is 4.80. The SMILES string of the molecule is CC(C)CCC(C)NC(=O)NCC1CC1. The van der Waals surface area contributed by atoms with Gasteiger partial charge >= 0.3 is 6.03 Å². The molecule has 1 atom stereocenters. The van der Waals surface area contributed by atoms with Crippen molar-refractivity contribution in [3.63, 3.8) is 0 Å². The molecule has 88 valence electrons. The summed E-state index contributed by atoms with van der Waals surface area (Å²) in [7, 11) is 0. The van der Waals surface area contributed by atoms with Gasteiger partial charge in [0.15, 0.2) is 0 Å². The van der Waals surface area contributed by atoms with Crippen molar-refractivity contribution >= 4 is 6.03 Å². The largest absolute Gasteiger partial charge is 0.338 e. The normalized spacial score (nSPS) is 17.6. The average Bonchev–Trinajstić information content (AvgIpc) is 2.95. The number of urea groups is 1. The molecule has 2 amide bonds. The van der Waals surface area contributed by atoms with Gasteiger partial charge in [-0.3, -0.25) is 0 Å². The summed E-state index contributed by atoms with van der Waals surface area (Å²) in [5.41, 5.74) is 0. The van der Waals surface area contributed by atoms with Crippen LogP contribution >= 0.6 is 0 Å². The Morgan fingerprint density at radius 1 is 1.27 bits per heavy atom.